The second-order valence-electron chi connectivity index (χ2n) is 20.6. The summed E-state index contributed by atoms with van der Waals surface area (Å²) in [6, 6.07) is 11.9. The van der Waals surface area contributed by atoms with Crippen LogP contribution in [0.5, 0.6) is 23.0 Å². The van der Waals surface area contributed by atoms with Gasteiger partial charge in [0.25, 0.3) is 11.8 Å². The molecule has 2 saturated heterocycles. The van der Waals surface area contributed by atoms with Crippen LogP contribution in [0, 0.1) is 27.7 Å². The summed E-state index contributed by atoms with van der Waals surface area (Å²) in [5.41, 5.74) is -4.60. The summed E-state index contributed by atoms with van der Waals surface area (Å²) in [7, 11) is 2.76. The molecule has 9 rings (SSSR count). The second-order valence-corrected chi connectivity index (χ2v) is 20.6. The zero-order valence-corrected chi connectivity index (χ0v) is 45.2. The number of nitrogens with one attached hydrogen (secondary N) is 4. The van der Waals surface area contributed by atoms with Crippen LogP contribution in [0.15, 0.2) is 83.1 Å². The Balaban J connectivity index is 0.882. The summed E-state index contributed by atoms with van der Waals surface area (Å²) in [6.07, 6.45) is -10.5. The number of carbonyl (C=O) groups is 4. The average molecular weight is 1110 g/mol. The van der Waals surface area contributed by atoms with Crippen LogP contribution < -0.4 is 31.4 Å². The molecule has 7 heterocycles. The molecule has 2 aromatic carbocycles. The molecule has 80 heavy (non-hydrogen) atoms. The molecule has 424 valence electrons. The number of aliphatic hydroxyl groups is 2. The first kappa shape index (κ1) is 56.4. The van der Waals surface area contributed by atoms with E-state index in [0.717, 1.165) is 0 Å². The van der Waals surface area contributed by atoms with Crippen LogP contribution >= 0.6 is 0 Å². The minimum Gasteiger partial charge on any atom is -0.505 e. The molecule has 3 aliphatic rings. The maximum absolute atomic E-state index is 13.7. The fourth-order valence-corrected chi connectivity index (χ4v) is 10.1. The van der Waals surface area contributed by atoms with Gasteiger partial charge in [0.2, 0.25) is 12.6 Å². The van der Waals surface area contributed by atoms with Crippen molar-refractivity contribution in [2.45, 2.75) is 123 Å². The van der Waals surface area contributed by atoms with Crippen LogP contribution in [0.3, 0.4) is 0 Å². The van der Waals surface area contributed by atoms with Crippen LogP contribution in [0.25, 0.3) is 21.9 Å². The number of nitrogens with zero attached hydrogens (tertiary/aromatic N) is 1. The number of aryl methyl sites for hydroxylation is 4. The van der Waals surface area contributed by atoms with Gasteiger partial charge in [0.05, 0.1) is 28.5 Å². The summed E-state index contributed by atoms with van der Waals surface area (Å²) < 4.78 is 58.3. The summed E-state index contributed by atoms with van der Waals surface area (Å²) in [5.74, 6) is -4.71. The molecule has 0 unspecified atom stereocenters. The Bertz CT molecular complexity index is 3450. The number of aliphatic imine (C=N–C) groups is 1. The molecule has 8 N–H and O–H groups in total. The number of aliphatic hydroxyl groups excluding tert-OH is 2. The number of hydrogen-bond acceptors (Lipinski definition) is 21. The van der Waals surface area contributed by atoms with Gasteiger partial charge in [0.15, 0.2) is 47.3 Å². The molecule has 0 bridgehead atoms. The molecule has 0 saturated carbocycles. The van der Waals surface area contributed by atoms with Gasteiger partial charge in [-0.3, -0.25) is 14.6 Å². The molecule has 0 radical (unpaired) electrons. The van der Waals surface area contributed by atoms with Crippen LogP contribution in [0.2, 0.25) is 0 Å². The number of methoxy groups -OCH3 is 2. The molecule has 3 aliphatic heterocycles. The number of H-pyrrole nitrogens is 2. The molecule has 0 aliphatic carbocycles. The van der Waals surface area contributed by atoms with E-state index in [1.165, 1.54) is 71.4 Å². The lowest BCUT2D eigenvalue weighted by Crippen LogP contribution is -2.65. The van der Waals surface area contributed by atoms with Gasteiger partial charge in [-0.15, -0.1) is 0 Å². The van der Waals surface area contributed by atoms with Gasteiger partial charge in [-0.05, 0) is 116 Å². The van der Waals surface area contributed by atoms with E-state index < -0.39 is 118 Å². The maximum atomic E-state index is 13.7. The number of aromatic amines is 2. The summed E-state index contributed by atoms with van der Waals surface area (Å²) >= 11 is 0. The lowest BCUT2D eigenvalue weighted by molar-refractivity contribution is -0.305. The average Bonchev–Trinajstić information content (AvgIpc) is 4.22. The minimum atomic E-state index is -1.59. The van der Waals surface area contributed by atoms with E-state index in [1.807, 2.05) is 0 Å². The number of aromatic hydroxyl groups is 2. The number of esters is 2. The molecule has 6 aromatic rings. The van der Waals surface area contributed by atoms with Crippen molar-refractivity contribution in [1.29, 1.82) is 0 Å². The van der Waals surface area contributed by atoms with Crippen molar-refractivity contribution in [3.8, 4) is 23.0 Å². The van der Waals surface area contributed by atoms with Gasteiger partial charge in [0, 0.05) is 42.3 Å². The molecule has 2 fully saturated rings. The fourth-order valence-electron chi connectivity index (χ4n) is 10.1. The molecule has 4 aromatic heterocycles. The highest BCUT2D eigenvalue weighted by Gasteiger charge is 2.55. The van der Waals surface area contributed by atoms with Gasteiger partial charge in [-0.2, -0.15) is 0 Å². The van der Waals surface area contributed by atoms with Crippen molar-refractivity contribution < 1.29 is 86.3 Å². The third-order valence-electron chi connectivity index (χ3n) is 14.3. The number of ether oxygens (including phenoxy) is 8. The number of fused-ring (bicyclic) bond motifs is 2. The number of carbonyl (C=O) groups excluding carboxylic acids is 4. The van der Waals surface area contributed by atoms with Crippen molar-refractivity contribution in [2.24, 2.45) is 4.99 Å². The monoisotopic (exact) mass is 1110 g/mol. The van der Waals surface area contributed by atoms with Gasteiger partial charge in [0.1, 0.15) is 52.0 Å². The Morgan fingerprint density at radius 3 is 1.43 bits per heavy atom. The zero-order chi connectivity index (χ0) is 58.0. The first-order valence-electron chi connectivity index (χ1n) is 25.0. The van der Waals surface area contributed by atoms with Gasteiger partial charge < -0.3 is 87.8 Å². The van der Waals surface area contributed by atoms with Crippen molar-refractivity contribution in [3.63, 3.8) is 0 Å². The van der Waals surface area contributed by atoms with Gasteiger partial charge >= 0.3 is 23.2 Å². The first-order valence-corrected chi connectivity index (χ1v) is 25.0. The van der Waals surface area contributed by atoms with Gasteiger partial charge in [-0.1, -0.05) is 0 Å². The number of aromatic nitrogens is 2. The Kier molecular flexibility index (Phi) is 15.1. The SMILES string of the molecule is CO[C@@H]1[C@@H](OC(=O)c2ccc(C)[nH]2)[C@@H](O)[C@H](Oc2ccc3c(O)c(NC(=O)C4=NCC(C(=O)Nc5c(O)c6ccc(O[C@@H]7OC(C)(C)[C@H](OC)[C@@H](OC(=O)c8ccc(C)[nH]8)[C@H]7O)c(C)c6oc5=O)=C4C)c(=O)oc3c2C)OC1(C)C. The van der Waals surface area contributed by atoms with E-state index in [9.17, 15) is 49.2 Å². The van der Waals surface area contributed by atoms with E-state index in [-0.39, 0.29) is 79.4 Å². The van der Waals surface area contributed by atoms with Crippen LogP contribution in [-0.2, 0) is 38.0 Å². The van der Waals surface area contributed by atoms with E-state index in [0.29, 0.717) is 11.4 Å². The van der Waals surface area contributed by atoms with Crippen LogP contribution in [-0.4, -0.2) is 141 Å². The summed E-state index contributed by atoms with van der Waals surface area (Å²) in [5, 5.41) is 50.4. The predicted octanol–water partition coefficient (Wildman–Crippen LogP) is 4.78. The predicted molar refractivity (Wildman–Crippen MR) is 282 cm³/mol. The second kappa shape index (κ2) is 21.4. The molecular formula is C55H59N5O20. The highest BCUT2D eigenvalue weighted by molar-refractivity contribution is 6.50. The molecule has 2 amide bonds. The van der Waals surface area contributed by atoms with Crippen molar-refractivity contribution in [3.05, 3.63) is 114 Å². The zero-order valence-electron chi connectivity index (χ0n) is 45.2. The number of anilines is 2. The van der Waals surface area contributed by atoms with E-state index in [1.54, 1.807) is 53.7 Å². The minimum absolute atomic E-state index is 0.0247. The molecule has 25 heteroatoms. The Labute approximate surface area is 454 Å². The Morgan fingerprint density at radius 1 is 0.625 bits per heavy atom. The smallest absolute Gasteiger partial charge is 0.364 e. The van der Waals surface area contributed by atoms with Crippen LogP contribution in [0.4, 0.5) is 11.4 Å². The molecular weight excluding hydrogens is 1050 g/mol. The third kappa shape index (κ3) is 10.3. The third-order valence-corrected chi connectivity index (χ3v) is 14.3. The largest absolute Gasteiger partial charge is 0.505 e. The van der Waals surface area contributed by atoms with Gasteiger partial charge in [-0.25, -0.2) is 19.2 Å². The normalized spacial score (nSPS) is 23.4. The van der Waals surface area contributed by atoms with E-state index in [2.05, 4.69) is 25.6 Å². The van der Waals surface area contributed by atoms with E-state index >= 15 is 0 Å². The first-order chi connectivity index (χ1) is 37.7. The number of rotatable bonds is 14. The Hall–Kier alpha value is -8.33. The maximum Gasteiger partial charge on any atom is 0.364 e. The summed E-state index contributed by atoms with van der Waals surface area (Å²) in [6.45, 7) is 14.2. The number of hydrogen-bond donors (Lipinski definition) is 8. The van der Waals surface area contributed by atoms with Crippen molar-refractivity contribution in [1.82, 2.24) is 9.97 Å². The van der Waals surface area contributed by atoms with Crippen molar-refractivity contribution in [2.75, 3.05) is 31.4 Å². The standard InChI is InChI=1S/C55H59N5O20/c1-21-12-16-29(57-21)48(67)77-42-38(63)52(79-54(6,7)44(42)71-10)73-31-18-14-26-36(61)34(50(69)75-40(26)24(31)4)59-46(65)28-20-56-33(23(28)3)47(66)60-35-37(62)27-15-19-32(25(5)41(27)76-51(35)70)74-53-39(64)43(45(72-11)55(8,9)80-53)78-49(68)30-17-13-22(2)58-30/h12-19,38-39,42-45,52-53,57-58,61-64H,20H2,1-11H3,(H,59,65)(H,60,66)/t38-,39-,42+,43+,44-,45-,52-,53-/m1/s1. The number of benzene rings is 2. The lowest BCUT2D eigenvalue weighted by Gasteiger charge is -2.47. The topological polar surface area (TPSA) is 351 Å². The Morgan fingerprint density at radius 2 is 1.04 bits per heavy atom. The number of amides is 2. The lowest BCUT2D eigenvalue weighted by atomic mass is 9.89. The molecule has 25 nitrogen and oxygen atoms in total. The molecule has 8 atom stereocenters. The highest BCUT2D eigenvalue weighted by Crippen LogP contribution is 2.41. The van der Waals surface area contributed by atoms with E-state index in [4.69, 9.17) is 46.7 Å². The molecule has 0 spiro atoms. The van der Waals surface area contributed by atoms with Crippen LogP contribution in [0.1, 0.15) is 78.1 Å². The fraction of sp³-hybridized carbons (Fsp3) is 0.400. The quantitative estimate of drug-likeness (QED) is 0.0537. The highest BCUT2D eigenvalue weighted by atomic mass is 16.7. The van der Waals surface area contributed by atoms with Crippen molar-refractivity contribution >= 4 is 62.8 Å². The summed E-state index contributed by atoms with van der Waals surface area (Å²) in [4.78, 5) is 90.5.